The van der Waals surface area contributed by atoms with Crippen LogP contribution in [-0.2, 0) is 6.42 Å². The molecule has 3 rings (SSSR count). The highest BCUT2D eigenvalue weighted by atomic mass is 79.9. The summed E-state index contributed by atoms with van der Waals surface area (Å²) in [7, 11) is 0. The van der Waals surface area contributed by atoms with Gasteiger partial charge in [0, 0.05) is 23.4 Å². The molecule has 1 N–H and O–H groups in total. The Kier molecular flexibility index (Phi) is 4.43. The number of carbonyl (C=O) groups is 1. The molecule has 0 aliphatic carbocycles. The van der Waals surface area contributed by atoms with E-state index in [0.29, 0.717) is 48.9 Å². The number of hydrogen-bond acceptors (Lipinski definition) is 4. The van der Waals surface area contributed by atoms with Gasteiger partial charge in [0.25, 0.3) is 0 Å². The lowest BCUT2D eigenvalue weighted by atomic mass is 9.99. The number of halogens is 2. The maximum absolute atomic E-state index is 13.0. The Morgan fingerprint density at radius 3 is 2.50 bits per heavy atom. The van der Waals surface area contributed by atoms with E-state index in [2.05, 4.69) is 36.8 Å². The number of fused-ring (bicyclic) bond motifs is 1. The van der Waals surface area contributed by atoms with Gasteiger partial charge < -0.3 is 9.52 Å². The first-order valence-electron chi connectivity index (χ1n) is 7.09. The van der Waals surface area contributed by atoms with Crippen molar-refractivity contribution in [3.05, 3.63) is 61.1 Å². The summed E-state index contributed by atoms with van der Waals surface area (Å²) in [4.78, 5) is 16.2. The Labute approximate surface area is 154 Å². The van der Waals surface area contributed by atoms with E-state index < -0.39 is 0 Å². The van der Waals surface area contributed by atoms with Crippen LogP contribution in [0.2, 0.25) is 0 Å². The van der Waals surface area contributed by atoms with E-state index in [-0.39, 0.29) is 11.5 Å². The van der Waals surface area contributed by atoms with Crippen molar-refractivity contribution in [2.24, 2.45) is 0 Å². The Morgan fingerprint density at radius 2 is 1.92 bits per heavy atom. The van der Waals surface area contributed by atoms with Crippen LogP contribution in [0.4, 0.5) is 5.69 Å². The van der Waals surface area contributed by atoms with Crippen molar-refractivity contribution >= 4 is 54.3 Å². The van der Waals surface area contributed by atoms with Crippen molar-refractivity contribution in [1.29, 1.82) is 5.39 Å². The van der Waals surface area contributed by atoms with Gasteiger partial charge in [0.1, 0.15) is 17.1 Å². The van der Waals surface area contributed by atoms with Crippen LogP contribution in [0, 0.1) is 5.39 Å². The second-order valence-electron chi connectivity index (χ2n) is 5.15. The first-order valence-corrected chi connectivity index (χ1v) is 8.68. The molecule has 1 aromatic heterocycles. The Bertz CT molecular complexity index is 996. The third-order valence-corrected chi connectivity index (χ3v) is 4.90. The minimum atomic E-state index is -0.208. The first-order chi connectivity index (χ1) is 11.5. The third kappa shape index (κ3) is 2.72. The molecule has 0 unspecified atom stereocenters. The van der Waals surface area contributed by atoms with Gasteiger partial charge in [-0.2, -0.15) is 0 Å². The maximum Gasteiger partial charge on any atom is 0.388 e. The number of phenolic OH excluding ortho intramolecular Hbond substituents is 1. The predicted octanol–water partition coefficient (Wildman–Crippen LogP) is 5.94. The number of furan rings is 1. The van der Waals surface area contributed by atoms with E-state index in [1.165, 1.54) is 0 Å². The lowest BCUT2D eigenvalue weighted by Gasteiger charge is -2.06. The standard InChI is InChI=1S/C17H10Br2N2O3/c1-2-13-15(10-4-3-9(21-20)7-14(10)24-13)16(22)8-5-11(18)17(23)12(19)6-8/h3-7H,2H2,1H3/p+1. The topological polar surface area (TPSA) is 78.6 Å². The zero-order valence-electron chi connectivity index (χ0n) is 12.5. The molecule has 1 heterocycles. The summed E-state index contributed by atoms with van der Waals surface area (Å²) in [5.74, 6) is 0.389. The minimum Gasteiger partial charge on any atom is -0.506 e. The van der Waals surface area contributed by atoms with Crippen LogP contribution in [0.15, 0.2) is 43.7 Å². The Morgan fingerprint density at radius 1 is 1.25 bits per heavy atom. The SMILES string of the molecule is CCc1oc2cc([N+]#N)ccc2c1C(=O)c1cc(Br)c(O)c(Br)c1. The summed E-state index contributed by atoms with van der Waals surface area (Å²) >= 11 is 6.47. The number of carbonyl (C=O) groups excluding carboxylic acids is 1. The molecule has 0 aliphatic heterocycles. The number of hydrogen-bond donors (Lipinski definition) is 1. The lowest BCUT2D eigenvalue weighted by molar-refractivity contribution is 0.103. The number of phenols is 1. The predicted molar refractivity (Wildman–Crippen MR) is 97.3 cm³/mol. The molecule has 0 aliphatic rings. The average molecular weight is 451 g/mol. The lowest BCUT2D eigenvalue weighted by Crippen LogP contribution is -2.03. The highest BCUT2D eigenvalue weighted by Crippen LogP contribution is 2.36. The average Bonchev–Trinajstić information content (AvgIpc) is 2.95. The maximum atomic E-state index is 13.0. The van der Waals surface area contributed by atoms with E-state index in [1.54, 1.807) is 30.3 Å². The van der Waals surface area contributed by atoms with Crippen molar-refractivity contribution in [2.75, 3.05) is 0 Å². The summed E-state index contributed by atoms with van der Waals surface area (Å²) < 4.78 is 6.60. The number of ketones is 1. The molecule has 0 saturated heterocycles. The van der Waals surface area contributed by atoms with Gasteiger partial charge in [-0.1, -0.05) is 6.92 Å². The van der Waals surface area contributed by atoms with Crippen LogP contribution >= 0.6 is 31.9 Å². The second kappa shape index (κ2) is 6.38. The molecule has 0 amide bonds. The monoisotopic (exact) mass is 449 g/mol. The molecule has 120 valence electrons. The number of benzene rings is 2. The molecule has 0 spiro atoms. The van der Waals surface area contributed by atoms with Gasteiger partial charge in [-0.15, -0.1) is 0 Å². The van der Waals surface area contributed by atoms with Crippen LogP contribution in [0.5, 0.6) is 5.75 Å². The third-order valence-electron chi connectivity index (χ3n) is 3.69. The fourth-order valence-corrected chi connectivity index (χ4v) is 3.72. The van der Waals surface area contributed by atoms with Gasteiger partial charge in [0.05, 0.1) is 20.6 Å². The molecule has 7 heteroatoms. The molecule has 3 aromatic rings. The van der Waals surface area contributed by atoms with Crippen molar-refractivity contribution in [3.63, 3.8) is 0 Å². The molecule has 0 bridgehead atoms. The molecule has 0 radical (unpaired) electrons. The normalized spacial score (nSPS) is 10.8. The summed E-state index contributed by atoms with van der Waals surface area (Å²) in [6.07, 6.45) is 0.543. The fourth-order valence-electron chi connectivity index (χ4n) is 2.54. The van der Waals surface area contributed by atoms with Gasteiger partial charge >= 0.3 is 5.69 Å². The Hall–Kier alpha value is -2.17. The van der Waals surface area contributed by atoms with E-state index in [9.17, 15) is 9.90 Å². The number of diazo groups is 1. The van der Waals surface area contributed by atoms with E-state index in [0.717, 1.165) is 0 Å². The summed E-state index contributed by atoms with van der Waals surface area (Å²) in [5.41, 5.74) is 1.73. The number of rotatable bonds is 3. The van der Waals surface area contributed by atoms with Crippen molar-refractivity contribution in [2.45, 2.75) is 13.3 Å². The molecule has 5 nitrogen and oxygen atoms in total. The number of aromatic hydroxyl groups is 1. The summed E-state index contributed by atoms with van der Waals surface area (Å²) in [6, 6.07) is 8.02. The fraction of sp³-hybridized carbons (Fsp3) is 0.118. The number of aryl methyl sites for hydroxylation is 1. The van der Waals surface area contributed by atoms with Crippen molar-refractivity contribution in [1.82, 2.24) is 0 Å². The summed E-state index contributed by atoms with van der Waals surface area (Å²) in [5, 5.41) is 19.4. The molecule has 24 heavy (non-hydrogen) atoms. The van der Waals surface area contributed by atoms with Gasteiger partial charge in [-0.25, -0.2) is 0 Å². The highest BCUT2D eigenvalue weighted by Gasteiger charge is 2.24. The largest absolute Gasteiger partial charge is 0.506 e. The Balaban J connectivity index is 2.21. The van der Waals surface area contributed by atoms with Crippen LogP contribution < -0.4 is 0 Å². The van der Waals surface area contributed by atoms with Crippen molar-refractivity contribution < 1.29 is 14.3 Å². The highest BCUT2D eigenvalue weighted by molar-refractivity contribution is 9.11. The van der Waals surface area contributed by atoms with Gasteiger partial charge in [-0.05, 0) is 50.1 Å². The van der Waals surface area contributed by atoms with Gasteiger partial charge in [0.15, 0.2) is 10.8 Å². The molecular formula is C17H11Br2N2O3+. The van der Waals surface area contributed by atoms with E-state index in [4.69, 9.17) is 9.81 Å². The van der Waals surface area contributed by atoms with E-state index >= 15 is 0 Å². The van der Waals surface area contributed by atoms with Crippen LogP contribution in [0.1, 0.15) is 28.6 Å². The summed E-state index contributed by atoms with van der Waals surface area (Å²) in [6.45, 7) is 1.90. The van der Waals surface area contributed by atoms with Crippen molar-refractivity contribution in [3.8, 4) is 5.75 Å². The van der Waals surface area contributed by atoms with Gasteiger partial charge in [0.2, 0.25) is 5.39 Å². The molecule has 0 atom stereocenters. The van der Waals surface area contributed by atoms with Gasteiger partial charge in [-0.3, -0.25) is 4.79 Å². The zero-order chi connectivity index (χ0) is 17.4. The molecule has 2 aromatic carbocycles. The van der Waals surface area contributed by atoms with Crippen LogP contribution in [0.3, 0.4) is 0 Å². The number of nitrogens with zero attached hydrogens (tertiary/aromatic N) is 2. The minimum absolute atomic E-state index is 0.0357. The van der Waals surface area contributed by atoms with Crippen LogP contribution in [0.25, 0.3) is 15.9 Å². The van der Waals surface area contributed by atoms with E-state index in [1.807, 2.05) is 6.92 Å². The van der Waals surface area contributed by atoms with Crippen LogP contribution in [-0.4, -0.2) is 10.9 Å². The molecule has 0 fully saturated rings. The molecule has 0 saturated carbocycles. The first kappa shape index (κ1) is 16.7. The quantitative estimate of drug-likeness (QED) is 0.395. The zero-order valence-corrected chi connectivity index (χ0v) is 15.7. The molecular weight excluding hydrogens is 440 g/mol. The smallest absolute Gasteiger partial charge is 0.388 e. The second-order valence-corrected chi connectivity index (χ2v) is 6.86.